The second-order valence-electron chi connectivity index (χ2n) is 3.74. The lowest BCUT2D eigenvalue weighted by molar-refractivity contribution is -0.509. The fourth-order valence-corrected chi connectivity index (χ4v) is 1.45. The maximum atomic E-state index is 11.2. The lowest BCUT2D eigenvalue weighted by Gasteiger charge is -2.04. The number of hydrogen-bond acceptors (Lipinski definition) is 5. The fourth-order valence-electron chi connectivity index (χ4n) is 1.45. The van der Waals surface area contributed by atoms with Crippen molar-refractivity contribution < 1.29 is 19.2 Å². The zero-order valence-electron chi connectivity index (χ0n) is 10.7. The zero-order valence-corrected chi connectivity index (χ0v) is 10.7. The van der Waals surface area contributed by atoms with Crippen molar-refractivity contribution >= 4 is 12.0 Å². The summed E-state index contributed by atoms with van der Waals surface area (Å²) in [7, 11) is 2.70. The van der Waals surface area contributed by atoms with Crippen LogP contribution in [0.25, 0.3) is 6.08 Å². The van der Waals surface area contributed by atoms with Gasteiger partial charge in [0.25, 0.3) is 0 Å². The molecule has 1 aromatic rings. The highest BCUT2D eigenvalue weighted by Gasteiger charge is 2.28. The van der Waals surface area contributed by atoms with Crippen molar-refractivity contribution in [3.63, 3.8) is 0 Å². The number of rotatable bonds is 6. The van der Waals surface area contributed by atoms with Crippen LogP contribution in [0.15, 0.2) is 30.3 Å². The molecule has 6 heteroatoms. The van der Waals surface area contributed by atoms with Gasteiger partial charge in [-0.2, -0.15) is 0 Å². The number of esters is 1. The molecule has 0 saturated carbocycles. The quantitative estimate of drug-likeness (QED) is 0.446. The second-order valence-corrected chi connectivity index (χ2v) is 3.74. The molecule has 0 fully saturated rings. The van der Waals surface area contributed by atoms with Gasteiger partial charge in [0.1, 0.15) is 5.75 Å². The van der Waals surface area contributed by atoms with Crippen LogP contribution >= 0.6 is 0 Å². The standard InChI is InChI=1S/C13H15NO5/c1-18-11-8-6-10(7-9-11)4-3-5-12(14(16)17)13(15)19-2/h3-4,6-9,12H,5H2,1-2H3/b4-3+. The molecule has 1 unspecified atom stereocenters. The molecule has 0 aliphatic heterocycles. The molecule has 0 radical (unpaired) electrons. The Morgan fingerprint density at radius 3 is 2.47 bits per heavy atom. The summed E-state index contributed by atoms with van der Waals surface area (Å²) in [6, 6.07) is 5.83. The lowest BCUT2D eigenvalue weighted by atomic mass is 10.1. The summed E-state index contributed by atoms with van der Waals surface area (Å²) in [4.78, 5) is 21.2. The van der Waals surface area contributed by atoms with E-state index in [9.17, 15) is 14.9 Å². The van der Waals surface area contributed by atoms with E-state index >= 15 is 0 Å². The predicted octanol–water partition coefficient (Wildman–Crippen LogP) is 1.92. The molecule has 0 aromatic heterocycles. The Hall–Kier alpha value is -2.37. The van der Waals surface area contributed by atoms with Gasteiger partial charge in [-0.15, -0.1) is 0 Å². The topological polar surface area (TPSA) is 78.7 Å². The van der Waals surface area contributed by atoms with Gasteiger partial charge in [-0.25, -0.2) is 4.79 Å². The Balaban J connectivity index is 2.64. The molecule has 1 aromatic carbocycles. The summed E-state index contributed by atoms with van der Waals surface area (Å²) < 4.78 is 9.39. The van der Waals surface area contributed by atoms with Crippen molar-refractivity contribution in [3.05, 3.63) is 46.0 Å². The second kappa shape index (κ2) is 7.15. The molecule has 0 bridgehead atoms. The number of hydrogen-bond donors (Lipinski definition) is 0. The maximum absolute atomic E-state index is 11.2. The van der Waals surface area contributed by atoms with E-state index in [0.29, 0.717) is 0 Å². The summed E-state index contributed by atoms with van der Waals surface area (Å²) >= 11 is 0. The summed E-state index contributed by atoms with van der Waals surface area (Å²) in [5.41, 5.74) is 0.868. The number of methoxy groups -OCH3 is 2. The highest BCUT2D eigenvalue weighted by Crippen LogP contribution is 2.13. The van der Waals surface area contributed by atoms with Crippen LogP contribution in [0.4, 0.5) is 0 Å². The first-order valence-electron chi connectivity index (χ1n) is 5.60. The van der Waals surface area contributed by atoms with Crippen LogP contribution in [0.2, 0.25) is 0 Å². The number of carbonyl (C=O) groups excluding carboxylic acids is 1. The van der Waals surface area contributed by atoms with Crippen molar-refractivity contribution in [1.29, 1.82) is 0 Å². The van der Waals surface area contributed by atoms with Crippen LogP contribution in [0.5, 0.6) is 5.75 Å². The lowest BCUT2D eigenvalue weighted by Crippen LogP contribution is -2.29. The molecule has 0 aliphatic carbocycles. The Bertz CT molecular complexity index is 466. The molecule has 19 heavy (non-hydrogen) atoms. The van der Waals surface area contributed by atoms with Crippen molar-refractivity contribution in [2.24, 2.45) is 0 Å². The third kappa shape index (κ3) is 4.42. The number of nitro groups is 1. The average Bonchev–Trinajstić information content (AvgIpc) is 2.43. The van der Waals surface area contributed by atoms with E-state index in [1.165, 1.54) is 0 Å². The number of ether oxygens (including phenoxy) is 2. The first-order chi connectivity index (χ1) is 9.08. The molecule has 1 atom stereocenters. The molecular formula is C13H15NO5. The van der Waals surface area contributed by atoms with E-state index in [2.05, 4.69) is 4.74 Å². The molecule has 0 heterocycles. The van der Waals surface area contributed by atoms with Gasteiger partial charge in [0, 0.05) is 11.3 Å². The van der Waals surface area contributed by atoms with Crippen LogP contribution in [0.1, 0.15) is 12.0 Å². The normalized spacial score (nSPS) is 12.1. The predicted molar refractivity (Wildman–Crippen MR) is 69.4 cm³/mol. The minimum absolute atomic E-state index is 0.00823. The van der Waals surface area contributed by atoms with Gasteiger partial charge in [0.15, 0.2) is 0 Å². The summed E-state index contributed by atoms with van der Waals surface area (Å²) in [6.07, 6.45) is 3.27. The van der Waals surface area contributed by atoms with E-state index in [1.807, 2.05) is 12.1 Å². The van der Waals surface area contributed by atoms with Crippen LogP contribution in [0.3, 0.4) is 0 Å². The van der Waals surface area contributed by atoms with Crippen LogP contribution < -0.4 is 4.74 Å². The Morgan fingerprint density at radius 2 is 2.00 bits per heavy atom. The van der Waals surface area contributed by atoms with Crippen molar-refractivity contribution in [1.82, 2.24) is 0 Å². The smallest absolute Gasteiger partial charge is 0.381 e. The van der Waals surface area contributed by atoms with E-state index < -0.39 is 16.9 Å². The van der Waals surface area contributed by atoms with Crippen LogP contribution in [-0.4, -0.2) is 31.2 Å². The molecular weight excluding hydrogens is 250 g/mol. The van der Waals surface area contributed by atoms with Crippen LogP contribution in [0, 0.1) is 10.1 Å². The average molecular weight is 265 g/mol. The van der Waals surface area contributed by atoms with Gasteiger partial charge >= 0.3 is 12.0 Å². The first kappa shape index (κ1) is 14.7. The summed E-state index contributed by atoms with van der Waals surface area (Å²) in [5, 5.41) is 10.7. The first-order valence-corrected chi connectivity index (χ1v) is 5.60. The Labute approximate surface area is 110 Å². The molecule has 1 rings (SSSR count). The third-order valence-corrected chi connectivity index (χ3v) is 2.51. The minimum atomic E-state index is -1.36. The molecule has 0 N–H and O–H groups in total. The van der Waals surface area contributed by atoms with E-state index in [-0.39, 0.29) is 6.42 Å². The van der Waals surface area contributed by atoms with E-state index in [0.717, 1.165) is 18.4 Å². The van der Waals surface area contributed by atoms with Gasteiger partial charge in [-0.3, -0.25) is 10.1 Å². The molecule has 0 saturated heterocycles. The van der Waals surface area contributed by atoms with E-state index in [1.54, 1.807) is 31.4 Å². The van der Waals surface area contributed by atoms with Crippen LogP contribution in [-0.2, 0) is 9.53 Å². The molecule has 6 nitrogen and oxygen atoms in total. The van der Waals surface area contributed by atoms with Gasteiger partial charge in [0.2, 0.25) is 0 Å². The molecule has 0 aliphatic rings. The molecule has 102 valence electrons. The summed E-state index contributed by atoms with van der Waals surface area (Å²) in [6.45, 7) is 0. The highest BCUT2D eigenvalue weighted by molar-refractivity contribution is 5.74. The maximum Gasteiger partial charge on any atom is 0.381 e. The van der Waals surface area contributed by atoms with E-state index in [4.69, 9.17) is 4.74 Å². The zero-order chi connectivity index (χ0) is 14.3. The molecule has 0 amide bonds. The van der Waals surface area contributed by atoms with Crippen molar-refractivity contribution in [2.45, 2.75) is 12.5 Å². The van der Waals surface area contributed by atoms with Gasteiger partial charge in [0.05, 0.1) is 14.2 Å². The number of benzene rings is 1. The van der Waals surface area contributed by atoms with Crippen molar-refractivity contribution in [2.75, 3.05) is 14.2 Å². The summed E-state index contributed by atoms with van der Waals surface area (Å²) in [5.74, 6) is -0.112. The minimum Gasteiger partial charge on any atom is -0.497 e. The largest absolute Gasteiger partial charge is 0.497 e. The van der Waals surface area contributed by atoms with Gasteiger partial charge < -0.3 is 9.47 Å². The van der Waals surface area contributed by atoms with Crippen molar-refractivity contribution in [3.8, 4) is 5.75 Å². The monoisotopic (exact) mass is 265 g/mol. The third-order valence-electron chi connectivity index (χ3n) is 2.51. The number of carbonyl (C=O) groups is 1. The SMILES string of the molecule is COC(=O)C(C/C=C/c1ccc(OC)cc1)[N+](=O)[O-]. The molecule has 0 spiro atoms. The van der Waals surface area contributed by atoms with Gasteiger partial charge in [-0.1, -0.05) is 24.3 Å². The number of nitrogens with zero attached hydrogens (tertiary/aromatic N) is 1. The Morgan fingerprint density at radius 1 is 1.37 bits per heavy atom. The fraction of sp³-hybridized carbons (Fsp3) is 0.308. The Kier molecular flexibility index (Phi) is 5.53. The van der Waals surface area contributed by atoms with Gasteiger partial charge in [-0.05, 0) is 17.7 Å². The highest BCUT2D eigenvalue weighted by atomic mass is 16.6.